The Kier molecular flexibility index (Phi) is 8.38. The van der Waals surface area contributed by atoms with E-state index in [1.807, 2.05) is 12.1 Å². The van der Waals surface area contributed by atoms with Gasteiger partial charge < -0.3 is 15.5 Å². The number of benzene rings is 2. The van der Waals surface area contributed by atoms with Gasteiger partial charge in [0.1, 0.15) is 5.82 Å². The maximum Gasteiger partial charge on any atom is 0.414 e. The Morgan fingerprint density at radius 1 is 1.04 bits per heavy atom. The minimum atomic E-state index is -1.82. The third-order valence-electron chi connectivity index (χ3n) is 3.11. The minimum absolute atomic E-state index is 0.0921. The van der Waals surface area contributed by atoms with Crippen molar-refractivity contribution in [3.63, 3.8) is 0 Å². The molecule has 0 aromatic heterocycles. The number of rotatable bonds is 6. The molecule has 9 heteroatoms. The molecule has 0 bridgehead atoms. The molecule has 0 saturated carbocycles. The summed E-state index contributed by atoms with van der Waals surface area (Å²) in [5.41, 5.74) is 1.88. The molecule has 0 unspecified atom stereocenters. The Bertz CT molecular complexity index is 769. The Hall–Kier alpha value is -3.33. The van der Waals surface area contributed by atoms with Crippen LogP contribution in [0, 0.1) is 15.9 Å². The van der Waals surface area contributed by atoms with Crippen LogP contribution in [-0.2, 0) is 22.6 Å². The summed E-state index contributed by atoms with van der Waals surface area (Å²) in [7, 11) is 0. The average Bonchev–Trinajstić information content (AvgIpc) is 2.59. The van der Waals surface area contributed by atoms with Crippen molar-refractivity contribution in [1.29, 1.82) is 0 Å². The largest absolute Gasteiger partial charge is 0.473 e. The van der Waals surface area contributed by atoms with E-state index in [-0.39, 0.29) is 11.5 Å². The molecule has 0 heterocycles. The van der Waals surface area contributed by atoms with E-state index < -0.39 is 16.9 Å². The molecule has 8 nitrogen and oxygen atoms in total. The summed E-state index contributed by atoms with van der Waals surface area (Å²) >= 11 is 0. The SMILES string of the molecule is O=C(O)C(=O)O.O=[N+]([O-])c1cccc(CNCCc2cccc(F)c2)c1. The molecular weight excluding hydrogens is 347 g/mol. The quantitative estimate of drug-likeness (QED) is 0.310. The van der Waals surface area contributed by atoms with Crippen LogP contribution < -0.4 is 5.32 Å². The van der Waals surface area contributed by atoms with Crippen molar-refractivity contribution in [2.75, 3.05) is 6.54 Å². The summed E-state index contributed by atoms with van der Waals surface area (Å²) in [6.45, 7) is 1.24. The number of non-ortho nitro benzene ring substituents is 1. The van der Waals surface area contributed by atoms with Gasteiger partial charge in [-0.3, -0.25) is 10.1 Å². The van der Waals surface area contributed by atoms with Crippen molar-refractivity contribution in [3.8, 4) is 0 Å². The van der Waals surface area contributed by atoms with Crippen LogP contribution in [0.2, 0.25) is 0 Å². The number of halogens is 1. The number of nitro benzene ring substituents is 1. The van der Waals surface area contributed by atoms with Gasteiger partial charge in [0.25, 0.3) is 5.69 Å². The van der Waals surface area contributed by atoms with Crippen molar-refractivity contribution in [1.82, 2.24) is 5.32 Å². The van der Waals surface area contributed by atoms with Crippen molar-refractivity contribution >= 4 is 17.6 Å². The summed E-state index contributed by atoms with van der Waals surface area (Å²) in [6, 6.07) is 13.0. The number of nitro groups is 1. The molecule has 3 N–H and O–H groups in total. The lowest BCUT2D eigenvalue weighted by atomic mass is 10.1. The van der Waals surface area contributed by atoms with E-state index in [1.165, 1.54) is 18.2 Å². The molecule has 0 fully saturated rings. The van der Waals surface area contributed by atoms with Crippen LogP contribution in [-0.4, -0.2) is 33.6 Å². The molecule has 0 saturated heterocycles. The van der Waals surface area contributed by atoms with Crippen LogP contribution >= 0.6 is 0 Å². The Balaban J connectivity index is 0.000000487. The van der Waals surface area contributed by atoms with Gasteiger partial charge in [-0.1, -0.05) is 24.3 Å². The number of hydrogen-bond acceptors (Lipinski definition) is 5. The van der Waals surface area contributed by atoms with E-state index in [2.05, 4.69) is 5.32 Å². The van der Waals surface area contributed by atoms with E-state index in [1.54, 1.807) is 18.2 Å². The van der Waals surface area contributed by atoms with Crippen LogP contribution in [0.4, 0.5) is 10.1 Å². The van der Waals surface area contributed by atoms with Crippen LogP contribution in [0.3, 0.4) is 0 Å². The number of aliphatic carboxylic acids is 2. The molecule has 26 heavy (non-hydrogen) atoms. The maximum atomic E-state index is 13.0. The third kappa shape index (κ3) is 7.97. The molecule has 0 aliphatic rings. The average molecular weight is 364 g/mol. The summed E-state index contributed by atoms with van der Waals surface area (Å²) in [5.74, 6) is -3.88. The zero-order valence-corrected chi connectivity index (χ0v) is 13.6. The van der Waals surface area contributed by atoms with Crippen molar-refractivity contribution in [3.05, 3.63) is 75.6 Å². The molecule has 2 aromatic carbocycles. The Morgan fingerprint density at radius 2 is 1.65 bits per heavy atom. The second kappa shape index (κ2) is 10.5. The highest BCUT2D eigenvalue weighted by molar-refractivity contribution is 6.27. The second-order valence-corrected chi connectivity index (χ2v) is 5.09. The fraction of sp³-hybridized carbons (Fsp3) is 0.176. The highest BCUT2D eigenvalue weighted by Gasteiger charge is 2.05. The lowest BCUT2D eigenvalue weighted by Gasteiger charge is -2.05. The standard InChI is InChI=1S/C15H15FN2O2.C2H2O4/c16-14-5-1-3-12(9-14)7-8-17-11-13-4-2-6-15(10-13)18(19)20;3-1(4)2(5)6/h1-6,9-10,17H,7-8,11H2;(H,3,4)(H,5,6). The number of carboxylic acids is 2. The van der Waals surface area contributed by atoms with Gasteiger partial charge in [0, 0.05) is 18.7 Å². The third-order valence-corrected chi connectivity index (χ3v) is 3.11. The smallest absolute Gasteiger partial charge is 0.414 e. The van der Waals surface area contributed by atoms with E-state index >= 15 is 0 Å². The number of carbonyl (C=O) groups is 2. The minimum Gasteiger partial charge on any atom is -0.473 e. The zero-order chi connectivity index (χ0) is 19.5. The maximum absolute atomic E-state index is 13.0. The lowest BCUT2D eigenvalue weighted by Crippen LogP contribution is -2.16. The molecule has 2 rings (SSSR count). The molecule has 0 amide bonds. The van der Waals surface area contributed by atoms with Crippen molar-refractivity contribution < 1.29 is 29.1 Å². The molecule has 0 atom stereocenters. The molecule has 0 aliphatic heterocycles. The summed E-state index contributed by atoms with van der Waals surface area (Å²) < 4.78 is 13.0. The number of carboxylic acid groups (broad SMARTS) is 2. The van der Waals surface area contributed by atoms with E-state index in [9.17, 15) is 14.5 Å². The van der Waals surface area contributed by atoms with Crippen LogP contribution in [0.1, 0.15) is 11.1 Å². The van der Waals surface area contributed by atoms with Gasteiger partial charge in [-0.15, -0.1) is 0 Å². The zero-order valence-electron chi connectivity index (χ0n) is 13.6. The molecule has 0 spiro atoms. The van der Waals surface area contributed by atoms with Gasteiger partial charge in [-0.2, -0.15) is 0 Å². The van der Waals surface area contributed by atoms with E-state index in [0.29, 0.717) is 19.5 Å². The lowest BCUT2D eigenvalue weighted by molar-refractivity contribution is -0.384. The highest BCUT2D eigenvalue weighted by atomic mass is 19.1. The monoisotopic (exact) mass is 364 g/mol. The first kappa shape index (κ1) is 20.7. The molecule has 0 aliphatic carbocycles. The van der Waals surface area contributed by atoms with Crippen molar-refractivity contribution in [2.24, 2.45) is 0 Å². The van der Waals surface area contributed by atoms with Crippen LogP contribution in [0.5, 0.6) is 0 Å². The molecule has 2 aromatic rings. The number of nitrogens with zero attached hydrogens (tertiary/aromatic N) is 1. The first-order valence-electron chi connectivity index (χ1n) is 7.44. The fourth-order valence-electron chi connectivity index (χ4n) is 1.94. The van der Waals surface area contributed by atoms with Crippen LogP contribution in [0.15, 0.2) is 48.5 Å². The van der Waals surface area contributed by atoms with Gasteiger partial charge >= 0.3 is 11.9 Å². The van der Waals surface area contributed by atoms with Gasteiger partial charge in [0.05, 0.1) is 4.92 Å². The first-order chi connectivity index (χ1) is 12.3. The Morgan fingerprint density at radius 3 is 2.23 bits per heavy atom. The molecule has 0 radical (unpaired) electrons. The van der Waals surface area contributed by atoms with Gasteiger partial charge in [0.15, 0.2) is 0 Å². The summed E-state index contributed by atoms with van der Waals surface area (Å²) in [6.07, 6.45) is 0.715. The van der Waals surface area contributed by atoms with Crippen LogP contribution in [0.25, 0.3) is 0 Å². The van der Waals surface area contributed by atoms with Gasteiger partial charge in [-0.25, -0.2) is 14.0 Å². The van der Waals surface area contributed by atoms with E-state index in [0.717, 1.165) is 11.1 Å². The molecular formula is C17H17FN2O6. The topological polar surface area (TPSA) is 130 Å². The van der Waals surface area contributed by atoms with Gasteiger partial charge in [0.2, 0.25) is 0 Å². The fourth-order valence-corrected chi connectivity index (χ4v) is 1.94. The van der Waals surface area contributed by atoms with Crippen molar-refractivity contribution in [2.45, 2.75) is 13.0 Å². The normalized spacial score (nSPS) is 9.73. The summed E-state index contributed by atoms with van der Waals surface area (Å²) in [4.78, 5) is 28.4. The summed E-state index contributed by atoms with van der Waals surface area (Å²) in [5, 5.41) is 28.6. The molecule has 138 valence electrons. The second-order valence-electron chi connectivity index (χ2n) is 5.09. The highest BCUT2D eigenvalue weighted by Crippen LogP contribution is 2.12. The number of hydrogen-bond donors (Lipinski definition) is 3. The predicted octanol–water partition coefficient (Wildman–Crippen LogP) is 2.22. The Labute approximate surface area is 148 Å². The number of nitrogens with one attached hydrogen (secondary N) is 1. The van der Waals surface area contributed by atoms with E-state index in [4.69, 9.17) is 19.8 Å². The predicted molar refractivity (Wildman–Crippen MR) is 90.2 cm³/mol. The van der Waals surface area contributed by atoms with Gasteiger partial charge in [-0.05, 0) is 36.2 Å². The first-order valence-corrected chi connectivity index (χ1v) is 7.44.